The summed E-state index contributed by atoms with van der Waals surface area (Å²) in [7, 11) is 0. The zero-order valence-corrected chi connectivity index (χ0v) is 12.6. The van der Waals surface area contributed by atoms with Crippen LogP contribution in [-0.2, 0) is 6.42 Å². The Morgan fingerprint density at radius 1 is 1.40 bits per heavy atom. The highest BCUT2D eigenvalue weighted by atomic mass is 32.1. The fourth-order valence-corrected chi connectivity index (χ4v) is 3.49. The van der Waals surface area contributed by atoms with E-state index in [-0.39, 0.29) is 5.91 Å². The van der Waals surface area contributed by atoms with E-state index in [9.17, 15) is 4.79 Å². The number of benzene rings is 1. The number of carbonyl (C=O) groups is 1. The molecule has 2 heterocycles. The maximum Gasteiger partial charge on any atom is 0.271 e. The molecule has 1 aromatic carbocycles. The van der Waals surface area contributed by atoms with Crippen molar-refractivity contribution in [3.63, 3.8) is 0 Å². The van der Waals surface area contributed by atoms with Gasteiger partial charge in [0.25, 0.3) is 5.91 Å². The number of amides is 1. The van der Waals surface area contributed by atoms with Gasteiger partial charge in [0.2, 0.25) is 0 Å². The van der Waals surface area contributed by atoms with E-state index in [1.807, 2.05) is 32.0 Å². The Labute approximate surface area is 123 Å². The van der Waals surface area contributed by atoms with Crippen molar-refractivity contribution in [1.29, 1.82) is 0 Å². The van der Waals surface area contributed by atoms with Gasteiger partial charge in [-0.25, -0.2) is 4.98 Å². The number of nitrogens with zero attached hydrogens (tertiary/aromatic N) is 3. The van der Waals surface area contributed by atoms with Gasteiger partial charge in [0, 0.05) is 0 Å². The van der Waals surface area contributed by atoms with Gasteiger partial charge in [0.1, 0.15) is 4.88 Å². The van der Waals surface area contributed by atoms with Crippen molar-refractivity contribution in [2.45, 2.75) is 20.3 Å². The highest BCUT2D eigenvalue weighted by Gasteiger charge is 2.16. The lowest BCUT2D eigenvalue weighted by Gasteiger charge is -1.98. The van der Waals surface area contributed by atoms with Crippen LogP contribution in [0.5, 0.6) is 0 Å². The average molecular weight is 304 g/mol. The molecule has 7 heteroatoms. The van der Waals surface area contributed by atoms with E-state index in [2.05, 4.69) is 19.9 Å². The molecule has 3 aromatic rings. The molecule has 0 radical (unpaired) electrons. The molecular weight excluding hydrogens is 292 g/mol. The van der Waals surface area contributed by atoms with E-state index in [1.165, 1.54) is 11.3 Å². The third kappa shape index (κ3) is 2.30. The standard InChI is InChI=1S/C13H12N4OS2/c1-3-8-11(20-17-16-8)12(18)15-13-14-10-7(2)5-4-6-9(10)19-13/h4-6H,3H2,1-2H3,(H,14,15,18). The van der Waals surface area contributed by atoms with Crippen LogP contribution in [0.15, 0.2) is 18.2 Å². The summed E-state index contributed by atoms with van der Waals surface area (Å²) in [6.45, 7) is 3.96. The second-order valence-electron chi connectivity index (χ2n) is 4.30. The minimum absolute atomic E-state index is 0.187. The van der Waals surface area contributed by atoms with E-state index >= 15 is 0 Å². The first-order valence-electron chi connectivity index (χ1n) is 6.17. The number of nitrogens with one attached hydrogen (secondary N) is 1. The van der Waals surface area contributed by atoms with Gasteiger partial charge < -0.3 is 0 Å². The summed E-state index contributed by atoms with van der Waals surface area (Å²) in [5.41, 5.74) is 2.77. The van der Waals surface area contributed by atoms with E-state index in [0.717, 1.165) is 33.0 Å². The lowest BCUT2D eigenvalue weighted by Crippen LogP contribution is -2.12. The van der Waals surface area contributed by atoms with Crippen LogP contribution in [0.3, 0.4) is 0 Å². The maximum absolute atomic E-state index is 12.2. The normalized spacial score (nSPS) is 10.9. The Morgan fingerprint density at radius 3 is 3.00 bits per heavy atom. The van der Waals surface area contributed by atoms with Crippen molar-refractivity contribution >= 4 is 44.1 Å². The third-order valence-corrected chi connectivity index (χ3v) is 4.64. The van der Waals surface area contributed by atoms with Crippen LogP contribution in [0, 0.1) is 6.92 Å². The van der Waals surface area contributed by atoms with Crippen LogP contribution < -0.4 is 5.32 Å². The summed E-state index contributed by atoms with van der Waals surface area (Å²) in [5.74, 6) is -0.187. The Balaban J connectivity index is 1.90. The summed E-state index contributed by atoms with van der Waals surface area (Å²) in [6.07, 6.45) is 0.693. The molecule has 0 aliphatic heterocycles. The number of carbonyl (C=O) groups excluding carboxylic acids is 1. The third-order valence-electron chi connectivity index (χ3n) is 2.94. The summed E-state index contributed by atoms with van der Waals surface area (Å²) in [4.78, 5) is 17.2. The van der Waals surface area contributed by atoms with Gasteiger partial charge in [-0.15, -0.1) is 5.10 Å². The second-order valence-corrected chi connectivity index (χ2v) is 6.08. The zero-order valence-electron chi connectivity index (χ0n) is 11.0. The van der Waals surface area contributed by atoms with E-state index < -0.39 is 0 Å². The molecule has 1 amide bonds. The molecule has 20 heavy (non-hydrogen) atoms. The summed E-state index contributed by atoms with van der Waals surface area (Å²) >= 11 is 2.59. The lowest BCUT2D eigenvalue weighted by molar-refractivity contribution is 0.102. The Hall–Kier alpha value is -1.86. The van der Waals surface area contributed by atoms with Crippen LogP contribution in [0.4, 0.5) is 5.13 Å². The fraction of sp³-hybridized carbons (Fsp3) is 0.231. The second kappa shape index (κ2) is 5.26. The largest absolute Gasteiger partial charge is 0.297 e. The van der Waals surface area contributed by atoms with Crippen LogP contribution in [0.1, 0.15) is 27.9 Å². The molecule has 5 nitrogen and oxygen atoms in total. The molecule has 0 spiro atoms. The molecule has 2 aromatic heterocycles. The number of para-hydroxylation sites is 1. The topological polar surface area (TPSA) is 67.8 Å². The molecular formula is C13H12N4OS2. The Morgan fingerprint density at radius 2 is 2.25 bits per heavy atom. The van der Waals surface area contributed by atoms with Gasteiger partial charge in [-0.1, -0.05) is 34.9 Å². The number of aryl methyl sites for hydroxylation is 2. The monoisotopic (exact) mass is 304 g/mol. The smallest absolute Gasteiger partial charge is 0.271 e. The quantitative estimate of drug-likeness (QED) is 0.806. The molecule has 1 N–H and O–H groups in total. The number of hydrogen-bond acceptors (Lipinski definition) is 6. The highest BCUT2D eigenvalue weighted by molar-refractivity contribution is 7.22. The highest BCUT2D eigenvalue weighted by Crippen LogP contribution is 2.28. The first kappa shape index (κ1) is 13.1. The van der Waals surface area contributed by atoms with Gasteiger partial charge in [-0.05, 0) is 36.5 Å². The number of rotatable bonds is 3. The predicted molar refractivity (Wildman–Crippen MR) is 81.6 cm³/mol. The molecule has 102 valence electrons. The molecule has 0 aliphatic carbocycles. The fourth-order valence-electron chi connectivity index (χ4n) is 1.91. The number of hydrogen-bond donors (Lipinski definition) is 1. The molecule has 0 unspecified atom stereocenters. The van der Waals surface area contributed by atoms with Gasteiger partial charge in [0.15, 0.2) is 5.13 Å². The minimum Gasteiger partial charge on any atom is -0.297 e. The van der Waals surface area contributed by atoms with Gasteiger partial charge >= 0.3 is 0 Å². The Kier molecular flexibility index (Phi) is 3.45. The first-order valence-corrected chi connectivity index (χ1v) is 7.76. The van der Waals surface area contributed by atoms with E-state index in [0.29, 0.717) is 16.4 Å². The first-order chi connectivity index (χ1) is 9.69. The number of fused-ring (bicyclic) bond motifs is 1. The van der Waals surface area contributed by atoms with Gasteiger partial charge in [-0.2, -0.15) is 0 Å². The van der Waals surface area contributed by atoms with Crippen molar-refractivity contribution in [1.82, 2.24) is 14.6 Å². The minimum atomic E-state index is -0.187. The molecule has 0 atom stereocenters. The van der Waals surface area contributed by atoms with Crippen molar-refractivity contribution in [2.24, 2.45) is 0 Å². The molecule has 0 aliphatic rings. The number of anilines is 1. The van der Waals surface area contributed by atoms with Crippen LogP contribution in [0.25, 0.3) is 10.2 Å². The van der Waals surface area contributed by atoms with Gasteiger partial charge in [0.05, 0.1) is 15.9 Å². The molecule has 0 bridgehead atoms. The summed E-state index contributed by atoms with van der Waals surface area (Å²) < 4.78 is 4.89. The van der Waals surface area contributed by atoms with Crippen molar-refractivity contribution in [2.75, 3.05) is 5.32 Å². The maximum atomic E-state index is 12.2. The lowest BCUT2D eigenvalue weighted by atomic mass is 10.2. The van der Waals surface area contributed by atoms with Gasteiger partial charge in [-0.3, -0.25) is 10.1 Å². The van der Waals surface area contributed by atoms with E-state index in [4.69, 9.17) is 0 Å². The van der Waals surface area contributed by atoms with Crippen LogP contribution >= 0.6 is 22.9 Å². The summed E-state index contributed by atoms with van der Waals surface area (Å²) in [5, 5.41) is 7.39. The SMILES string of the molecule is CCc1nnsc1C(=O)Nc1nc2c(C)cccc2s1. The number of aromatic nitrogens is 3. The van der Waals surface area contributed by atoms with Crippen molar-refractivity contribution in [3.8, 4) is 0 Å². The van der Waals surface area contributed by atoms with Crippen LogP contribution in [0.2, 0.25) is 0 Å². The van der Waals surface area contributed by atoms with Crippen molar-refractivity contribution in [3.05, 3.63) is 34.3 Å². The average Bonchev–Trinajstić information content (AvgIpc) is 3.04. The van der Waals surface area contributed by atoms with Crippen LogP contribution in [-0.4, -0.2) is 20.5 Å². The Bertz CT molecular complexity index is 778. The predicted octanol–water partition coefficient (Wildman–Crippen LogP) is 3.27. The molecule has 0 saturated heterocycles. The zero-order chi connectivity index (χ0) is 14.1. The molecule has 0 saturated carbocycles. The van der Waals surface area contributed by atoms with E-state index in [1.54, 1.807) is 0 Å². The molecule has 3 rings (SSSR count). The van der Waals surface area contributed by atoms with Crippen molar-refractivity contribution < 1.29 is 4.79 Å². The summed E-state index contributed by atoms with van der Waals surface area (Å²) in [6, 6.07) is 6.00. The molecule has 0 fully saturated rings. The number of thiazole rings is 1.